The summed E-state index contributed by atoms with van der Waals surface area (Å²) in [6, 6.07) is 20.5. The lowest BCUT2D eigenvalue weighted by Crippen LogP contribution is -2.61. The van der Waals surface area contributed by atoms with E-state index >= 15 is 0 Å². The molecular formula is C27H21Cl2N3O4S2. The van der Waals surface area contributed by atoms with Crippen LogP contribution in [0, 0.1) is 0 Å². The number of nitrogens with one attached hydrogen (secondary N) is 1. The fourth-order valence-corrected chi connectivity index (χ4v) is 6.34. The van der Waals surface area contributed by atoms with Crippen LogP contribution in [0.4, 0.5) is 10.8 Å². The van der Waals surface area contributed by atoms with Crippen molar-refractivity contribution in [2.24, 2.45) is 0 Å². The summed E-state index contributed by atoms with van der Waals surface area (Å²) in [6.07, 6.45) is 3.85. The van der Waals surface area contributed by atoms with Crippen LogP contribution in [0.25, 0.3) is 17.3 Å². The molecule has 2 unspecified atom stereocenters. The van der Waals surface area contributed by atoms with Crippen LogP contribution in [0.3, 0.4) is 0 Å². The second kappa shape index (κ2) is 10.8. The normalized spacial score (nSPS) is 17.4. The molecule has 4 aromatic rings. The second-order valence-corrected chi connectivity index (χ2v) is 11.8. The molecule has 3 aromatic carbocycles. The highest BCUT2D eigenvalue weighted by atomic mass is 35.5. The van der Waals surface area contributed by atoms with Crippen molar-refractivity contribution in [3.63, 3.8) is 0 Å². The first-order chi connectivity index (χ1) is 18.3. The summed E-state index contributed by atoms with van der Waals surface area (Å²) >= 11 is 13.7. The van der Waals surface area contributed by atoms with Gasteiger partial charge < -0.3 is 4.74 Å². The third-order valence-corrected chi connectivity index (χ3v) is 8.90. The van der Waals surface area contributed by atoms with Gasteiger partial charge in [-0.15, -0.1) is 22.9 Å². The van der Waals surface area contributed by atoms with Crippen LogP contribution in [0.15, 0.2) is 89.1 Å². The van der Waals surface area contributed by atoms with Gasteiger partial charge in [0.05, 0.1) is 28.8 Å². The van der Waals surface area contributed by atoms with Gasteiger partial charge in [-0.2, -0.15) is 0 Å². The topological polar surface area (TPSA) is 88.6 Å². The number of rotatable bonds is 8. The largest absolute Gasteiger partial charge is 0.495 e. The van der Waals surface area contributed by atoms with Crippen molar-refractivity contribution in [3.05, 3.63) is 94.8 Å². The minimum absolute atomic E-state index is 0.0275. The SMILES string of the molecule is COc1cc(S(=O)(=O)Nc2ccc(-c3csc(N4C(=O)C(Cl)C4/C=C/c4ccccc4)n3)cc2)ccc1Cl. The monoisotopic (exact) mass is 585 g/mol. The Kier molecular flexibility index (Phi) is 7.45. The van der Waals surface area contributed by atoms with Gasteiger partial charge in [-0.1, -0.05) is 66.2 Å². The average Bonchev–Trinajstić information content (AvgIpc) is 3.40. The number of sulfonamides is 1. The number of methoxy groups -OCH3 is 1. The first-order valence-corrected chi connectivity index (χ1v) is 14.6. The molecule has 38 heavy (non-hydrogen) atoms. The van der Waals surface area contributed by atoms with Gasteiger partial charge in [-0.25, -0.2) is 13.4 Å². The van der Waals surface area contributed by atoms with Gasteiger partial charge in [0, 0.05) is 22.7 Å². The molecule has 1 aromatic heterocycles. The number of carbonyl (C=O) groups is 1. The Labute approximate surface area is 234 Å². The highest BCUT2D eigenvalue weighted by Crippen LogP contribution is 2.37. The van der Waals surface area contributed by atoms with Crippen molar-refractivity contribution >= 4 is 67.4 Å². The van der Waals surface area contributed by atoms with Crippen LogP contribution in [0.5, 0.6) is 5.75 Å². The number of benzene rings is 3. The van der Waals surface area contributed by atoms with E-state index in [0.717, 1.165) is 11.1 Å². The number of hydrogen-bond acceptors (Lipinski definition) is 6. The zero-order valence-electron chi connectivity index (χ0n) is 19.9. The molecular weight excluding hydrogens is 565 g/mol. The van der Waals surface area contributed by atoms with Gasteiger partial charge in [-0.3, -0.25) is 14.4 Å². The minimum Gasteiger partial charge on any atom is -0.495 e. The molecule has 1 N–H and O–H groups in total. The number of hydrogen-bond donors (Lipinski definition) is 1. The van der Waals surface area contributed by atoms with Crippen LogP contribution in [0.2, 0.25) is 5.02 Å². The number of nitrogens with zero attached hydrogens (tertiary/aromatic N) is 2. The Morgan fingerprint density at radius 1 is 1.08 bits per heavy atom. The van der Waals surface area contributed by atoms with E-state index in [4.69, 9.17) is 27.9 Å². The van der Waals surface area contributed by atoms with Gasteiger partial charge in [0.15, 0.2) is 5.13 Å². The van der Waals surface area contributed by atoms with E-state index in [1.165, 1.54) is 36.6 Å². The third-order valence-electron chi connectivity index (χ3n) is 5.92. The van der Waals surface area contributed by atoms with Gasteiger partial charge in [0.1, 0.15) is 11.1 Å². The number of ether oxygens (including phenoxy) is 1. The van der Waals surface area contributed by atoms with Gasteiger partial charge in [-0.05, 0) is 29.8 Å². The molecule has 194 valence electrons. The molecule has 1 fully saturated rings. The molecule has 0 aliphatic carbocycles. The van der Waals surface area contributed by atoms with E-state index in [9.17, 15) is 13.2 Å². The van der Waals surface area contributed by atoms with E-state index < -0.39 is 15.4 Å². The third kappa shape index (κ3) is 5.28. The predicted molar refractivity (Wildman–Crippen MR) is 153 cm³/mol. The van der Waals surface area contributed by atoms with Crippen molar-refractivity contribution in [2.75, 3.05) is 16.7 Å². The summed E-state index contributed by atoms with van der Waals surface area (Å²) in [5.74, 6) is 0.0713. The summed E-state index contributed by atoms with van der Waals surface area (Å²) in [6.45, 7) is 0. The Morgan fingerprint density at radius 3 is 2.53 bits per heavy atom. The summed E-state index contributed by atoms with van der Waals surface area (Å²) in [7, 11) is -2.43. The van der Waals surface area contributed by atoms with Crippen LogP contribution >= 0.6 is 34.5 Å². The van der Waals surface area contributed by atoms with Crippen molar-refractivity contribution in [2.45, 2.75) is 16.3 Å². The molecule has 5 rings (SSSR count). The number of amides is 1. The van der Waals surface area contributed by atoms with Gasteiger partial charge >= 0.3 is 0 Å². The molecule has 0 spiro atoms. The molecule has 1 amide bonds. The van der Waals surface area contributed by atoms with Crippen LogP contribution < -0.4 is 14.4 Å². The zero-order valence-corrected chi connectivity index (χ0v) is 23.1. The summed E-state index contributed by atoms with van der Waals surface area (Å²) in [5, 5.41) is 2.07. The zero-order chi connectivity index (χ0) is 26.9. The standard InChI is InChI=1S/C27H21Cl2N3O4S2/c1-36-24-15-20(12-13-21(24)28)38(34,35)31-19-10-8-18(9-11-19)22-16-37-27(30-22)32-23(25(29)26(32)33)14-7-17-5-3-2-4-6-17/h2-16,23,25,31H,1H3/b14-7+. The number of aromatic nitrogens is 1. The van der Waals surface area contributed by atoms with Crippen LogP contribution in [-0.4, -0.2) is 37.8 Å². The second-order valence-electron chi connectivity index (χ2n) is 8.36. The van der Waals surface area contributed by atoms with Crippen molar-refractivity contribution in [1.82, 2.24) is 4.98 Å². The Balaban J connectivity index is 1.30. The van der Waals surface area contributed by atoms with E-state index in [0.29, 0.717) is 21.5 Å². The highest BCUT2D eigenvalue weighted by molar-refractivity contribution is 7.92. The van der Waals surface area contributed by atoms with Crippen molar-refractivity contribution in [3.8, 4) is 17.0 Å². The van der Waals surface area contributed by atoms with E-state index in [1.807, 2.05) is 47.9 Å². The molecule has 1 aliphatic heterocycles. The number of carbonyl (C=O) groups excluding carboxylic acids is 1. The molecule has 1 saturated heterocycles. The number of halogens is 2. The first kappa shape index (κ1) is 26.2. The number of anilines is 2. The van der Waals surface area contributed by atoms with Crippen molar-refractivity contribution in [1.29, 1.82) is 0 Å². The number of alkyl halides is 1. The molecule has 7 nitrogen and oxygen atoms in total. The molecule has 2 heterocycles. The Morgan fingerprint density at radius 2 is 1.82 bits per heavy atom. The summed E-state index contributed by atoms with van der Waals surface area (Å²) in [5.41, 5.74) is 2.84. The van der Waals surface area contributed by atoms with E-state index in [1.54, 1.807) is 29.2 Å². The molecule has 11 heteroatoms. The molecule has 2 atom stereocenters. The Hall–Kier alpha value is -3.37. The molecule has 0 saturated carbocycles. The van der Waals surface area contributed by atoms with E-state index in [2.05, 4.69) is 9.71 Å². The maximum atomic E-state index is 12.8. The lowest BCUT2D eigenvalue weighted by atomic mass is 10.0. The molecule has 0 radical (unpaired) electrons. The predicted octanol–water partition coefficient (Wildman–Crippen LogP) is 6.31. The molecule has 1 aliphatic rings. The summed E-state index contributed by atoms with van der Waals surface area (Å²) in [4.78, 5) is 18.8. The molecule has 0 bridgehead atoms. The smallest absolute Gasteiger partial charge is 0.262 e. The highest BCUT2D eigenvalue weighted by Gasteiger charge is 2.46. The fourth-order valence-electron chi connectivity index (χ4n) is 3.89. The lowest BCUT2D eigenvalue weighted by Gasteiger charge is -2.40. The number of β-lactam (4-membered cyclic amide) rings is 1. The Bertz CT molecular complexity index is 1610. The number of thiazole rings is 1. The van der Waals surface area contributed by atoms with Crippen LogP contribution in [-0.2, 0) is 14.8 Å². The fraction of sp³-hybridized carbons (Fsp3) is 0.111. The van der Waals surface area contributed by atoms with Gasteiger partial charge in [0.2, 0.25) is 5.91 Å². The summed E-state index contributed by atoms with van der Waals surface area (Å²) < 4.78 is 33.3. The van der Waals surface area contributed by atoms with Crippen LogP contribution in [0.1, 0.15) is 5.56 Å². The minimum atomic E-state index is -3.85. The average molecular weight is 587 g/mol. The van der Waals surface area contributed by atoms with Gasteiger partial charge in [0.25, 0.3) is 10.0 Å². The van der Waals surface area contributed by atoms with E-state index in [-0.39, 0.29) is 22.6 Å². The maximum absolute atomic E-state index is 12.8. The lowest BCUT2D eigenvalue weighted by molar-refractivity contribution is -0.122. The maximum Gasteiger partial charge on any atom is 0.262 e. The van der Waals surface area contributed by atoms with Crippen molar-refractivity contribution < 1.29 is 17.9 Å². The first-order valence-electron chi connectivity index (χ1n) is 11.4. The quantitative estimate of drug-likeness (QED) is 0.193.